The first-order valence-corrected chi connectivity index (χ1v) is 10.0. The van der Waals surface area contributed by atoms with E-state index >= 15 is 0 Å². The van der Waals surface area contributed by atoms with Gasteiger partial charge in [-0.1, -0.05) is 74.5 Å². The summed E-state index contributed by atoms with van der Waals surface area (Å²) in [5.74, 6) is 0.517. The summed E-state index contributed by atoms with van der Waals surface area (Å²) in [6.07, 6.45) is 4.06. The van der Waals surface area contributed by atoms with Crippen molar-refractivity contribution in [2.45, 2.75) is 51.5 Å². The molecule has 0 amide bonds. The molecule has 1 aromatic heterocycles. The maximum atomic E-state index is 12.9. The molecule has 3 rings (SSSR count). The van der Waals surface area contributed by atoms with Crippen molar-refractivity contribution in [3.8, 4) is 0 Å². The van der Waals surface area contributed by atoms with E-state index in [9.17, 15) is 13.2 Å². The van der Waals surface area contributed by atoms with E-state index < -0.39 is 11.7 Å². The van der Waals surface area contributed by atoms with Gasteiger partial charge in [0, 0.05) is 12.4 Å². The number of halogens is 3. The Morgan fingerprint density at radius 3 is 2.45 bits per heavy atom. The first kappa shape index (κ1) is 22.8. The SMILES string of the molecule is CC(C)c1cccc(BCCCCc2ccccc2C(F)(F)F)c1.c1c[nH]cn1. The van der Waals surface area contributed by atoms with Gasteiger partial charge in [0.2, 0.25) is 0 Å². The summed E-state index contributed by atoms with van der Waals surface area (Å²) in [4.78, 5) is 6.42. The Bertz CT molecular complexity index is 813. The largest absolute Gasteiger partial charge is 0.416 e. The molecule has 154 valence electrons. The van der Waals surface area contributed by atoms with E-state index in [1.54, 1.807) is 30.9 Å². The number of aromatic nitrogens is 2. The minimum atomic E-state index is -4.26. The molecule has 6 heteroatoms. The lowest BCUT2D eigenvalue weighted by Gasteiger charge is -2.12. The second-order valence-electron chi connectivity index (χ2n) is 7.38. The van der Waals surface area contributed by atoms with Crippen LogP contribution in [0.25, 0.3) is 0 Å². The van der Waals surface area contributed by atoms with Gasteiger partial charge in [0.15, 0.2) is 7.28 Å². The van der Waals surface area contributed by atoms with Gasteiger partial charge >= 0.3 is 6.18 Å². The summed E-state index contributed by atoms with van der Waals surface area (Å²) in [6.45, 7) is 4.36. The molecule has 2 aromatic carbocycles. The molecule has 1 N–H and O–H groups in total. The predicted molar refractivity (Wildman–Crippen MR) is 115 cm³/mol. The minimum Gasteiger partial charge on any atom is -0.351 e. The number of nitrogens with zero attached hydrogens (tertiary/aromatic N) is 1. The first-order valence-electron chi connectivity index (χ1n) is 10.0. The van der Waals surface area contributed by atoms with Gasteiger partial charge in [-0.3, -0.25) is 0 Å². The highest BCUT2D eigenvalue weighted by molar-refractivity contribution is 6.53. The van der Waals surface area contributed by atoms with Gasteiger partial charge < -0.3 is 4.98 Å². The van der Waals surface area contributed by atoms with Crippen LogP contribution in [0.5, 0.6) is 0 Å². The standard InChI is InChI=1S/C20H24BF3.C3H4N2/c1-15(2)17-10-7-11-18(14-17)21-13-6-5-9-16-8-3-4-12-19(16)20(22,23)24;1-2-5-3-4-1/h3-4,7-8,10-12,14-15,21H,5-6,9,13H2,1-2H3;1-3H,(H,4,5). The fourth-order valence-electron chi connectivity index (χ4n) is 3.16. The number of nitrogens with one attached hydrogen (secondary N) is 1. The molecule has 0 fully saturated rings. The third-order valence-electron chi connectivity index (χ3n) is 4.76. The highest BCUT2D eigenvalue weighted by Crippen LogP contribution is 2.32. The summed E-state index contributed by atoms with van der Waals surface area (Å²) in [6, 6.07) is 14.5. The molecule has 0 saturated heterocycles. The van der Waals surface area contributed by atoms with E-state index in [0.29, 0.717) is 17.9 Å². The maximum absolute atomic E-state index is 12.9. The Morgan fingerprint density at radius 1 is 1.03 bits per heavy atom. The first-order chi connectivity index (χ1) is 13.9. The summed E-state index contributed by atoms with van der Waals surface area (Å²) in [5, 5.41) is 0. The number of hydrogen-bond acceptors (Lipinski definition) is 1. The van der Waals surface area contributed by atoms with Gasteiger partial charge in [-0.15, -0.1) is 0 Å². The van der Waals surface area contributed by atoms with Crippen molar-refractivity contribution < 1.29 is 13.2 Å². The number of rotatable bonds is 7. The number of aromatic amines is 1. The van der Waals surface area contributed by atoms with Gasteiger partial charge in [-0.25, -0.2) is 4.98 Å². The van der Waals surface area contributed by atoms with Crippen LogP contribution in [0.1, 0.15) is 49.3 Å². The van der Waals surface area contributed by atoms with Crippen molar-refractivity contribution in [1.29, 1.82) is 0 Å². The van der Waals surface area contributed by atoms with Crippen LogP contribution >= 0.6 is 0 Å². The number of alkyl halides is 3. The lowest BCUT2D eigenvalue weighted by atomic mass is 9.65. The Balaban J connectivity index is 0.000000521. The molecule has 0 radical (unpaired) electrons. The molecular weight excluding hydrogens is 372 g/mol. The van der Waals surface area contributed by atoms with E-state index in [1.807, 2.05) is 0 Å². The van der Waals surface area contributed by atoms with Crippen molar-refractivity contribution >= 4 is 12.7 Å². The van der Waals surface area contributed by atoms with Gasteiger partial charge in [-0.05, 0) is 36.0 Å². The highest BCUT2D eigenvalue weighted by Gasteiger charge is 2.32. The molecule has 0 spiro atoms. The zero-order chi connectivity index (χ0) is 21.1. The van der Waals surface area contributed by atoms with Crippen LogP contribution in [-0.2, 0) is 12.6 Å². The molecule has 2 nitrogen and oxygen atoms in total. The lowest BCUT2D eigenvalue weighted by Crippen LogP contribution is -2.14. The van der Waals surface area contributed by atoms with Crippen LogP contribution in [0.15, 0.2) is 67.3 Å². The number of hydrogen-bond donors (Lipinski definition) is 1. The van der Waals surface area contributed by atoms with Crippen LogP contribution in [-0.4, -0.2) is 17.2 Å². The van der Waals surface area contributed by atoms with Crippen LogP contribution in [0.4, 0.5) is 13.2 Å². The molecule has 0 atom stereocenters. The Hall–Kier alpha value is -2.50. The number of aryl methyl sites for hydroxylation is 1. The molecule has 1 heterocycles. The summed E-state index contributed by atoms with van der Waals surface area (Å²) in [5.41, 5.74) is 2.57. The summed E-state index contributed by atoms with van der Waals surface area (Å²) >= 11 is 0. The summed E-state index contributed by atoms with van der Waals surface area (Å²) in [7, 11) is 0.988. The summed E-state index contributed by atoms with van der Waals surface area (Å²) < 4.78 is 38.8. The number of imidazole rings is 1. The molecular formula is C23H28BF3N2. The Labute approximate surface area is 171 Å². The van der Waals surface area contributed by atoms with Crippen LogP contribution in [0.3, 0.4) is 0 Å². The number of unbranched alkanes of at least 4 members (excludes halogenated alkanes) is 1. The van der Waals surface area contributed by atoms with Gasteiger partial charge in [0.05, 0.1) is 11.9 Å². The van der Waals surface area contributed by atoms with Gasteiger partial charge in [0.25, 0.3) is 0 Å². The molecule has 0 aliphatic heterocycles. The molecule has 0 unspecified atom stereocenters. The van der Waals surface area contributed by atoms with E-state index in [-0.39, 0.29) is 0 Å². The van der Waals surface area contributed by atoms with Crippen molar-refractivity contribution in [2.24, 2.45) is 0 Å². The normalized spacial score (nSPS) is 11.1. The van der Waals surface area contributed by atoms with E-state index in [4.69, 9.17) is 0 Å². The Morgan fingerprint density at radius 2 is 1.83 bits per heavy atom. The van der Waals surface area contributed by atoms with Crippen LogP contribution < -0.4 is 5.46 Å². The zero-order valence-corrected chi connectivity index (χ0v) is 17.0. The predicted octanol–water partition coefficient (Wildman–Crippen LogP) is 5.74. The number of H-pyrrole nitrogens is 1. The third kappa shape index (κ3) is 8.18. The van der Waals surface area contributed by atoms with E-state index in [2.05, 4.69) is 48.1 Å². The maximum Gasteiger partial charge on any atom is 0.416 e. The Kier molecular flexibility index (Phi) is 9.03. The average Bonchev–Trinajstić information content (AvgIpc) is 3.28. The molecule has 0 aliphatic rings. The monoisotopic (exact) mass is 400 g/mol. The van der Waals surface area contributed by atoms with E-state index in [1.165, 1.54) is 23.2 Å². The topological polar surface area (TPSA) is 28.7 Å². The lowest BCUT2D eigenvalue weighted by molar-refractivity contribution is -0.138. The molecule has 3 aromatic rings. The van der Waals surface area contributed by atoms with Crippen molar-refractivity contribution in [3.05, 3.63) is 83.9 Å². The van der Waals surface area contributed by atoms with Crippen molar-refractivity contribution in [2.75, 3.05) is 0 Å². The average molecular weight is 400 g/mol. The molecule has 0 aliphatic carbocycles. The van der Waals surface area contributed by atoms with E-state index in [0.717, 1.165) is 26.4 Å². The fourth-order valence-corrected chi connectivity index (χ4v) is 3.16. The molecule has 0 saturated carbocycles. The molecule has 29 heavy (non-hydrogen) atoms. The smallest absolute Gasteiger partial charge is 0.351 e. The number of benzene rings is 2. The zero-order valence-electron chi connectivity index (χ0n) is 17.0. The fraction of sp³-hybridized carbons (Fsp3) is 0.348. The van der Waals surface area contributed by atoms with Crippen molar-refractivity contribution in [1.82, 2.24) is 9.97 Å². The minimum absolute atomic E-state index is 0.409. The van der Waals surface area contributed by atoms with Crippen LogP contribution in [0, 0.1) is 0 Å². The van der Waals surface area contributed by atoms with Crippen LogP contribution in [0.2, 0.25) is 6.32 Å². The quantitative estimate of drug-likeness (QED) is 0.398. The van der Waals surface area contributed by atoms with Gasteiger partial charge in [-0.2, -0.15) is 13.2 Å². The second-order valence-corrected chi connectivity index (χ2v) is 7.38. The molecule has 0 bridgehead atoms. The second kappa shape index (κ2) is 11.5. The van der Waals surface area contributed by atoms with Gasteiger partial charge in [0.1, 0.15) is 0 Å². The van der Waals surface area contributed by atoms with Crippen molar-refractivity contribution in [3.63, 3.8) is 0 Å². The third-order valence-corrected chi connectivity index (χ3v) is 4.76. The highest BCUT2D eigenvalue weighted by atomic mass is 19.4.